The van der Waals surface area contributed by atoms with Crippen LogP contribution in [0.1, 0.15) is 130 Å². The Kier molecular flexibility index (Phi) is 26.8. The molecule has 8 N–H and O–H groups in total. The number of hydrogen-bond acceptors (Lipinski definition) is 11. The SMILES string of the molecule is C[C@@H](c1ccccc1)N(CC(=O)N(CCCCN)CC(=O)N(CC(=O)C(C)(C)C)[C@@H](C)c1ccccc1)C(=O)CN(CCCCN)C(=O)CN(CCCCN)C(=O)CN(CCCCN)C(C)(C)C. The van der Waals surface area contributed by atoms with E-state index in [1.54, 1.807) is 4.90 Å². The van der Waals surface area contributed by atoms with E-state index in [9.17, 15) is 28.8 Å². The highest BCUT2D eigenvalue weighted by Gasteiger charge is 2.34. The minimum Gasteiger partial charge on any atom is -0.332 e. The summed E-state index contributed by atoms with van der Waals surface area (Å²) in [5.41, 5.74) is 24.0. The van der Waals surface area contributed by atoms with Crippen molar-refractivity contribution in [2.24, 2.45) is 28.3 Å². The van der Waals surface area contributed by atoms with Gasteiger partial charge in [0.15, 0.2) is 5.78 Å². The van der Waals surface area contributed by atoms with Crippen LogP contribution < -0.4 is 22.9 Å². The summed E-state index contributed by atoms with van der Waals surface area (Å²) in [6.07, 6.45) is 5.18. The second-order valence-electron chi connectivity index (χ2n) is 19.9. The topological polar surface area (TPSA) is 226 Å². The Hall–Kier alpha value is -4.74. The van der Waals surface area contributed by atoms with Crippen molar-refractivity contribution in [2.75, 3.05) is 91.6 Å². The number of rotatable bonds is 32. The quantitative estimate of drug-likeness (QED) is 0.0756. The number of nitrogens with zero attached hydrogens (tertiary/aromatic N) is 6. The Bertz CT molecular complexity index is 1820. The Labute approximate surface area is 408 Å². The molecule has 2 aromatic carbocycles. The van der Waals surface area contributed by atoms with E-state index in [1.807, 2.05) is 95.3 Å². The van der Waals surface area contributed by atoms with Crippen LogP contribution in [0.25, 0.3) is 0 Å². The molecule has 16 nitrogen and oxygen atoms in total. The fourth-order valence-corrected chi connectivity index (χ4v) is 7.69. The Morgan fingerprint density at radius 2 is 0.750 bits per heavy atom. The van der Waals surface area contributed by atoms with E-state index < -0.39 is 41.1 Å². The van der Waals surface area contributed by atoms with Crippen molar-refractivity contribution in [1.82, 2.24) is 29.4 Å². The standard InChI is InChI=1S/C52H88N10O6/c1-41(43-23-11-9-12-24-43)61(35-45(63)51(3,4)5)49(67)37-59(33-21-17-29-55)48(66)40-62(42(2)44-25-13-10-14-26-44)50(68)38-58(32-20-16-28-54)46(64)36-57(31-19-15-27-53)47(65)39-60(52(6,7)8)34-22-18-30-56/h9-14,23-26,41-42H,15-22,27-40,53-56H2,1-8H3/t41-,42-/m0/s1. The third-order valence-electron chi connectivity index (χ3n) is 12.4. The molecule has 0 aliphatic rings. The lowest BCUT2D eigenvalue weighted by molar-refractivity contribution is -0.149. The molecular formula is C52H88N10O6. The van der Waals surface area contributed by atoms with Crippen LogP contribution >= 0.6 is 0 Å². The smallest absolute Gasteiger partial charge is 0.243 e. The molecule has 0 radical (unpaired) electrons. The average molecular weight is 949 g/mol. The summed E-state index contributed by atoms with van der Waals surface area (Å²) in [7, 11) is 0. The molecule has 0 fully saturated rings. The summed E-state index contributed by atoms with van der Waals surface area (Å²) in [6, 6.07) is 17.7. The second-order valence-corrected chi connectivity index (χ2v) is 19.9. The van der Waals surface area contributed by atoms with Crippen molar-refractivity contribution < 1.29 is 28.8 Å². The van der Waals surface area contributed by atoms with Gasteiger partial charge in [0, 0.05) is 30.6 Å². The van der Waals surface area contributed by atoms with Gasteiger partial charge in [0.2, 0.25) is 29.5 Å². The van der Waals surface area contributed by atoms with Crippen LogP contribution in [0.3, 0.4) is 0 Å². The predicted molar refractivity (Wildman–Crippen MR) is 272 cm³/mol. The maximum absolute atomic E-state index is 14.8. The maximum atomic E-state index is 14.8. The molecule has 0 spiro atoms. The Balaban J connectivity index is 2.55. The van der Waals surface area contributed by atoms with E-state index >= 15 is 0 Å². The maximum Gasteiger partial charge on any atom is 0.243 e. The highest BCUT2D eigenvalue weighted by Crippen LogP contribution is 2.25. The highest BCUT2D eigenvalue weighted by atomic mass is 16.2. The number of hydrogen-bond donors (Lipinski definition) is 4. The average Bonchev–Trinajstić information content (AvgIpc) is 3.30. The van der Waals surface area contributed by atoms with E-state index in [0.717, 1.165) is 24.0 Å². The first-order chi connectivity index (χ1) is 32.2. The number of carbonyl (C=O) groups is 6. The number of unbranched alkanes of at least 4 members (excludes halogenated alkanes) is 4. The number of nitrogens with two attached hydrogens (primary N) is 4. The lowest BCUT2D eigenvalue weighted by Crippen LogP contribution is -2.53. The molecule has 0 heterocycles. The van der Waals surface area contributed by atoms with Crippen molar-refractivity contribution in [1.29, 1.82) is 0 Å². The van der Waals surface area contributed by atoms with Gasteiger partial charge >= 0.3 is 0 Å². The molecular weight excluding hydrogens is 861 g/mol. The monoisotopic (exact) mass is 949 g/mol. The first-order valence-electron chi connectivity index (χ1n) is 24.8. The number of benzene rings is 2. The summed E-state index contributed by atoms with van der Waals surface area (Å²) in [4.78, 5) is 95.6. The van der Waals surface area contributed by atoms with Crippen LogP contribution in [-0.2, 0) is 28.8 Å². The van der Waals surface area contributed by atoms with Crippen LogP contribution in [0.2, 0.25) is 0 Å². The van der Waals surface area contributed by atoms with Gasteiger partial charge in [-0.2, -0.15) is 0 Å². The molecule has 0 saturated carbocycles. The number of carbonyl (C=O) groups excluding carboxylic acids is 6. The van der Waals surface area contributed by atoms with Gasteiger partial charge in [-0.15, -0.1) is 0 Å². The Morgan fingerprint density at radius 3 is 1.10 bits per heavy atom. The van der Waals surface area contributed by atoms with Gasteiger partial charge in [-0.3, -0.25) is 33.7 Å². The van der Waals surface area contributed by atoms with E-state index in [2.05, 4.69) is 25.7 Å². The van der Waals surface area contributed by atoms with Gasteiger partial charge in [0.05, 0.1) is 44.8 Å². The largest absolute Gasteiger partial charge is 0.332 e. The highest BCUT2D eigenvalue weighted by molar-refractivity contribution is 5.93. The summed E-state index contributed by atoms with van der Waals surface area (Å²) in [6.45, 7) is 17.1. The molecule has 382 valence electrons. The Morgan fingerprint density at radius 1 is 0.426 bits per heavy atom. The van der Waals surface area contributed by atoms with Crippen molar-refractivity contribution in [3.63, 3.8) is 0 Å². The molecule has 0 bridgehead atoms. The minimum absolute atomic E-state index is 0.112. The van der Waals surface area contributed by atoms with Crippen LogP contribution in [-0.4, -0.2) is 162 Å². The van der Waals surface area contributed by atoms with Crippen LogP contribution in [0.5, 0.6) is 0 Å². The zero-order valence-electron chi connectivity index (χ0n) is 42.9. The number of amides is 5. The zero-order valence-corrected chi connectivity index (χ0v) is 42.9. The molecule has 0 saturated heterocycles. The second kappa shape index (κ2) is 30.7. The van der Waals surface area contributed by atoms with Crippen molar-refractivity contribution in [3.05, 3.63) is 71.8 Å². The first-order valence-corrected chi connectivity index (χ1v) is 24.8. The summed E-state index contributed by atoms with van der Waals surface area (Å²) < 4.78 is 0. The molecule has 5 amide bonds. The first kappa shape index (κ1) is 59.4. The van der Waals surface area contributed by atoms with E-state index in [4.69, 9.17) is 22.9 Å². The summed E-state index contributed by atoms with van der Waals surface area (Å²) in [5, 5.41) is 0. The van der Waals surface area contributed by atoms with Gasteiger partial charge in [-0.1, -0.05) is 81.4 Å². The predicted octanol–water partition coefficient (Wildman–Crippen LogP) is 4.32. The molecule has 2 rings (SSSR count). The molecule has 68 heavy (non-hydrogen) atoms. The van der Waals surface area contributed by atoms with Gasteiger partial charge in [-0.25, -0.2) is 0 Å². The van der Waals surface area contributed by atoms with Gasteiger partial charge < -0.3 is 47.4 Å². The molecule has 16 heteroatoms. The van der Waals surface area contributed by atoms with Crippen LogP contribution in [0.15, 0.2) is 60.7 Å². The zero-order chi connectivity index (χ0) is 50.9. The van der Waals surface area contributed by atoms with Crippen molar-refractivity contribution in [2.45, 2.75) is 124 Å². The fourth-order valence-electron chi connectivity index (χ4n) is 7.69. The summed E-state index contributed by atoms with van der Waals surface area (Å²) in [5.74, 6) is -2.06. The number of Topliss-reactive ketones (excluding diaryl/α,β-unsaturated/α-hetero) is 1. The molecule has 2 aromatic rings. The molecule has 0 aliphatic carbocycles. The van der Waals surface area contributed by atoms with Gasteiger partial charge in [-0.05, 0) is 130 Å². The molecule has 0 unspecified atom stereocenters. The van der Waals surface area contributed by atoms with Gasteiger partial charge in [0.1, 0.15) is 6.54 Å². The molecule has 2 atom stereocenters. The van der Waals surface area contributed by atoms with Gasteiger partial charge in [0.25, 0.3) is 0 Å². The normalized spacial score (nSPS) is 12.6. The fraction of sp³-hybridized carbons (Fsp3) is 0.654. The minimum atomic E-state index is -0.713. The molecule has 0 aromatic heterocycles. The molecule has 0 aliphatic heterocycles. The third-order valence-corrected chi connectivity index (χ3v) is 12.4. The van der Waals surface area contributed by atoms with Crippen LogP contribution in [0.4, 0.5) is 0 Å². The van der Waals surface area contributed by atoms with Crippen LogP contribution in [0, 0.1) is 5.41 Å². The summed E-state index contributed by atoms with van der Waals surface area (Å²) >= 11 is 0. The van der Waals surface area contributed by atoms with E-state index in [0.29, 0.717) is 77.8 Å². The number of ketones is 1. The lowest BCUT2D eigenvalue weighted by atomic mass is 9.90. The van der Waals surface area contributed by atoms with Crippen molar-refractivity contribution in [3.8, 4) is 0 Å². The third kappa shape index (κ3) is 20.9. The lowest BCUT2D eigenvalue weighted by Gasteiger charge is -2.37. The van der Waals surface area contributed by atoms with E-state index in [1.165, 1.54) is 19.6 Å². The van der Waals surface area contributed by atoms with Crippen molar-refractivity contribution >= 4 is 35.3 Å². The van der Waals surface area contributed by atoms with E-state index in [-0.39, 0.29) is 69.6 Å².